The van der Waals surface area contributed by atoms with Crippen molar-refractivity contribution in [2.24, 2.45) is 5.73 Å². The molecule has 8 heteroatoms. The Morgan fingerprint density at radius 2 is 2.00 bits per heavy atom. The predicted molar refractivity (Wildman–Crippen MR) is 113 cm³/mol. The molecule has 1 amide bonds. The largest absolute Gasteiger partial charge is 0.480 e. The second kappa shape index (κ2) is 8.47. The number of carbonyl (C=O) groups excluding carboxylic acids is 1. The third-order valence-electron chi connectivity index (χ3n) is 6.25. The summed E-state index contributed by atoms with van der Waals surface area (Å²) >= 11 is 0. The van der Waals surface area contributed by atoms with E-state index < -0.39 is 5.97 Å². The summed E-state index contributed by atoms with van der Waals surface area (Å²) in [6.45, 7) is 1.33. The SMILES string of the molecule is N=C(N)c1ccc2oc(CC[C@@H]3CCCN3C(=O)[C@H]3CCCN3CC(=O)O)cc2c1. The van der Waals surface area contributed by atoms with Crippen LogP contribution in [0.2, 0.25) is 0 Å². The number of aryl methyl sites for hydroxylation is 1. The lowest BCUT2D eigenvalue weighted by Crippen LogP contribution is -2.48. The number of amidine groups is 1. The van der Waals surface area contributed by atoms with Gasteiger partial charge in [-0.05, 0) is 62.9 Å². The van der Waals surface area contributed by atoms with E-state index >= 15 is 0 Å². The van der Waals surface area contributed by atoms with Crippen molar-refractivity contribution in [2.75, 3.05) is 19.6 Å². The van der Waals surface area contributed by atoms with Crippen LogP contribution >= 0.6 is 0 Å². The third kappa shape index (κ3) is 4.18. The highest BCUT2D eigenvalue weighted by atomic mass is 16.4. The standard InChI is InChI=1S/C22H28N4O4/c23-21(24)14-5-8-19-15(11-14)12-17(30-19)7-6-16-3-1-10-26(16)22(29)18-4-2-9-25(18)13-20(27)28/h5,8,11-12,16,18H,1-4,6-7,9-10,13H2,(H3,23,24)(H,27,28)/t16-,18+/m0/s1. The lowest BCUT2D eigenvalue weighted by Gasteiger charge is -2.30. The van der Waals surface area contributed by atoms with Gasteiger partial charge in [0.05, 0.1) is 12.6 Å². The molecule has 2 fully saturated rings. The average molecular weight is 412 g/mol. The van der Waals surface area contributed by atoms with E-state index in [0.717, 1.165) is 61.8 Å². The highest BCUT2D eigenvalue weighted by Crippen LogP contribution is 2.28. The van der Waals surface area contributed by atoms with E-state index in [2.05, 4.69) is 0 Å². The number of nitrogens with zero attached hydrogens (tertiary/aromatic N) is 2. The van der Waals surface area contributed by atoms with Crippen molar-refractivity contribution >= 4 is 28.7 Å². The number of nitrogens with two attached hydrogens (primary N) is 1. The maximum Gasteiger partial charge on any atom is 0.317 e. The number of rotatable bonds is 7. The van der Waals surface area contributed by atoms with Crippen LogP contribution in [0.25, 0.3) is 11.0 Å². The number of benzene rings is 1. The summed E-state index contributed by atoms with van der Waals surface area (Å²) in [5, 5.41) is 17.6. The van der Waals surface area contributed by atoms with Gasteiger partial charge in [0.1, 0.15) is 17.2 Å². The number of carboxylic acid groups (broad SMARTS) is 1. The molecule has 0 spiro atoms. The Balaban J connectivity index is 1.40. The molecule has 4 N–H and O–H groups in total. The summed E-state index contributed by atoms with van der Waals surface area (Å²) in [7, 11) is 0. The van der Waals surface area contributed by atoms with Gasteiger partial charge in [0.25, 0.3) is 0 Å². The van der Waals surface area contributed by atoms with Gasteiger partial charge in [0.2, 0.25) is 5.91 Å². The Morgan fingerprint density at radius 1 is 1.20 bits per heavy atom. The molecule has 160 valence electrons. The van der Waals surface area contributed by atoms with Gasteiger partial charge < -0.3 is 20.2 Å². The number of aliphatic carboxylic acids is 1. The molecule has 8 nitrogen and oxygen atoms in total. The van der Waals surface area contributed by atoms with Crippen molar-refractivity contribution in [3.63, 3.8) is 0 Å². The van der Waals surface area contributed by atoms with Crippen molar-refractivity contribution in [2.45, 2.75) is 50.6 Å². The van der Waals surface area contributed by atoms with Gasteiger partial charge in [0, 0.05) is 30.0 Å². The van der Waals surface area contributed by atoms with E-state index in [1.165, 1.54) is 0 Å². The summed E-state index contributed by atoms with van der Waals surface area (Å²) in [5.74, 6) is 0.0828. The van der Waals surface area contributed by atoms with Crippen LogP contribution in [0.3, 0.4) is 0 Å². The molecule has 2 aromatic rings. The molecule has 2 aliphatic rings. The molecule has 1 aromatic carbocycles. The van der Waals surface area contributed by atoms with Gasteiger partial charge in [-0.2, -0.15) is 0 Å². The molecule has 0 aliphatic carbocycles. The zero-order valence-electron chi connectivity index (χ0n) is 17.0. The van der Waals surface area contributed by atoms with Crippen LogP contribution in [0.15, 0.2) is 28.7 Å². The van der Waals surface area contributed by atoms with Crippen molar-refractivity contribution in [3.8, 4) is 0 Å². The van der Waals surface area contributed by atoms with Crippen molar-refractivity contribution in [3.05, 3.63) is 35.6 Å². The Hall–Kier alpha value is -2.87. The predicted octanol–water partition coefficient (Wildman–Crippen LogP) is 2.19. The Kier molecular flexibility index (Phi) is 5.76. The zero-order chi connectivity index (χ0) is 21.3. The van der Waals surface area contributed by atoms with E-state index in [-0.39, 0.29) is 30.4 Å². The molecule has 0 bridgehead atoms. The van der Waals surface area contributed by atoms with Gasteiger partial charge in [-0.15, -0.1) is 0 Å². The van der Waals surface area contributed by atoms with Crippen molar-refractivity contribution in [1.29, 1.82) is 5.41 Å². The maximum atomic E-state index is 13.1. The van der Waals surface area contributed by atoms with E-state index in [1.54, 1.807) is 11.0 Å². The Labute approximate surface area is 175 Å². The summed E-state index contributed by atoms with van der Waals surface area (Å²) in [5.41, 5.74) is 7.00. The first-order chi connectivity index (χ1) is 14.4. The molecule has 0 saturated carbocycles. The molecule has 1 aromatic heterocycles. The molecule has 2 saturated heterocycles. The number of furan rings is 1. The fourth-order valence-electron chi connectivity index (χ4n) is 4.78. The van der Waals surface area contributed by atoms with E-state index in [9.17, 15) is 9.59 Å². The number of nitrogens with one attached hydrogen (secondary N) is 1. The molecule has 0 unspecified atom stereocenters. The Bertz CT molecular complexity index is 969. The lowest BCUT2D eigenvalue weighted by atomic mass is 10.1. The molecular weight excluding hydrogens is 384 g/mol. The normalized spacial score (nSPS) is 22.1. The summed E-state index contributed by atoms with van der Waals surface area (Å²) in [6.07, 6.45) is 5.08. The molecule has 3 heterocycles. The van der Waals surface area contributed by atoms with Crippen molar-refractivity contribution < 1.29 is 19.1 Å². The van der Waals surface area contributed by atoms with Crippen molar-refractivity contribution in [1.82, 2.24) is 9.80 Å². The number of nitrogen functional groups attached to an aromatic ring is 1. The smallest absolute Gasteiger partial charge is 0.317 e. The van der Waals surface area contributed by atoms with E-state index in [4.69, 9.17) is 20.7 Å². The van der Waals surface area contributed by atoms with E-state index in [1.807, 2.05) is 23.1 Å². The minimum Gasteiger partial charge on any atom is -0.480 e. The van der Waals surface area contributed by atoms with Crippen LogP contribution in [0, 0.1) is 5.41 Å². The first-order valence-corrected chi connectivity index (χ1v) is 10.6. The van der Waals surface area contributed by atoms with E-state index in [0.29, 0.717) is 12.1 Å². The maximum absolute atomic E-state index is 13.1. The fraction of sp³-hybridized carbons (Fsp3) is 0.500. The second-order valence-electron chi connectivity index (χ2n) is 8.27. The first kappa shape index (κ1) is 20.4. The van der Waals surface area contributed by atoms with Crippen LogP contribution in [0.4, 0.5) is 0 Å². The zero-order valence-corrected chi connectivity index (χ0v) is 17.0. The molecule has 0 radical (unpaired) electrons. The summed E-state index contributed by atoms with van der Waals surface area (Å²) < 4.78 is 5.93. The van der Waals surface area contributed by atoms with Gasteiger partial charge in [-0.1, -0.05) is 0 Å². The van der Waals surface area contributed by atoms with Crippen LogP contribution in [0.5, 0.6) is 0 Å². The topological polar surface area (TPSA) is 124 Å². The minimum absolute atomic E-state index is 0.0311. The highest BCUT2D eigenvalue weighted by Gasteiger charge is 2.38. The van der Waals surface area contributed by atoms with Crippen LogP contribution in [-0.2, 0) is 16.0 Å². The number of hydrogen-bond acceptors (Lipinski definition) is 5. The number of carboxylic acids is 1. The fourth-order valence-corrected chi connectivity index (χ4v) is 4.78. The minimum atomic E-state index is -0.884. The lowest BCUT2D eigenvalue weighted by molar-refractivity contribution is -0.141. The van der Waals surface area contributed by atoms with Gasteiger partial charge >= 0.3 is 5.97 Å². The van der Waals surface area contributed by atoms with Crippen LogP contribution in [-0.4, -0.2) is 64.3 Å². The second-order valence-corrected chi connectivity index (χ2v) is 8.27. The number of fused-ring (bicyclic) bond motifs is 1. The Morgan fingerprint density at radius 3 is 2.77 bits per heavy atom. The van der Waals surface area contributed by atoms with Gasteiger partial charge in [0.15, 0.2) is 0 Å². The molecule has 30 heavy (non-hydrogen) atoms. The number of likely N-dealkylation sites (tertiary alicyclic amines) is 2. The number of carbonyl (C=O) groups is 2. The highest BCUT2D eigenvalue weighted by molar-refractivity contribution is 5.98. The monoisotopic (exact) mass is 412 g/mol. The molecular formula is C22H28N4O4. The quantitative estimate of drug-likeness (QED) is 0.473. The van der Waals surface area contributed by atoms with Gasteiger partial charge in [-0.25, -0.2) is 0 Å². The first-order valence-electron chi connectivity index (χ1n) is 10.6. The summed E-state index contributed by atoms with van der Waals surface area (Å²) in [6, 6.07) is 7.29. The number of hydrogen-bond donors (Lipinski definition) is 3. The average Bonchev–Trinajstić information content (AvgIpc) is 3.43. The van der Waals surface area contributed by atoms with Crippen LogP contribution in [0.1, 0.15) is 43.4 Å². The molecule has 2 atom stereocenters. The third-order valence-corrected chi connectivity index (χ3v) is 6.25. The van der Waals surface area contributed by atoms with Crippen LogP contribution < -0.4 is 5.73 Å². The van der Waals surface area contributed by atoms with Gasteiger partial charge in [-0.3, -0.25) is 19.9 Å². The number of amides is 1. The summed E-state index contributed by atoms with van der Waals surface area (Å²) in [4.78, 5) is 28.0. The molecule has 4 rings (SSSR count). The molecule has 2 aliphatic heterocycles.